The van der Waals surface area contributed by atoms with Crippen molar-refractivity contribution in [3.05, 3.63) is 36.0 Å². The molecule has 0 spiro atoms. The van der Waals surface area contributed by atoms with Crippen LogP contribution in [-0.4, -0.2) is 34.9 Å². The number of nitrogens with two attached hydrogens (primary N) is 1. The molecule has 2 aromatic rings. The van der Waals surface area contributed by atoms with Crippen LogP contribution in [0.5, 0.6) is 0 Å². The van der Waals surface area contributed by atoms with Gasteiger partial charge in [-0.25, -0.2) is 0 Å². The largest absolute Gasteiger partial charge is 0.361 e. The number of carbonyl (C=O) groups is 1. The van der Waals surface area contributed by atoms with Crippen molar-refractivity contribution in [3.8, 4) is 0 Å². The molecule has 94 valence electrons. The van der Waals surface area contributed by atoms with Gasteiger partial charge in [-0.15, -0.1) is 0 Å². The van der Waals surface area contributed by atoms with E-state index in [2.05, 4.69) is 4.98 Å². The van der Waals surface area contributed by atoms with Gasteiger partial charge in [0.1, 0.15) is 0 Å². The number of fused-ring (bicyclic) bond motifs is 1. The number of amides is 1. The van der Waals surface area contributed by atoms with E-state index in [0.717, 1.165) is 35.9 Å². The molecule has 1 amide bonds. The number of aromatic amines is 1. The lowest BCUT2D eigenvalue weighted by Crippen LogP contribution is -2.39. The predicted molar refractivity (Wildman–Crippen MR) is 71.4 cm³/mol. The Morgan fingerprint density at radius 2 is 2.33 bits per heavy atom. The molecular formula is C14H17N3O. The first-order chi connectivity index (χ1) is 8.79. The third-order valence-corrected chi connectivity index (χ3v) is 3.71. The quantitative estimate of drug-likeness (QED) is 0.843. The maximum Gasteiger partial charge on any atom is 0.254 e. The first-order valence-electron chi connectivity index (χ1n) is 6.38. The number of hydrogen-bond acceptors (Lipinski definition) is 2. The molecule has 18 heavy (non-hydrogen) atoms. The summed E-state index contributed by atoms with van der Waals surface area (Å²) in [5.74, 6) is 0.0967. The lowest BCUT2D eigenvalue weighted by Gasteiger charge is -2.23. The Bertz CT molecular complexity index is 575. The highest BCUT2D eigenvalue weighted by molar-refractivity contribution is 5.98. The van der Waals surface area contributed by atoms with Crippen LogP contribution < -0.4 is 5.73 Å². The van der Waals surface area contributed by atoms with E-state index in [9.17, 15) is 4.79 Å². The van der Waals surface area contributed by atoms with Crippen LogP contribution in [0.4, 0.5) is 0 Å². The monoisotopic (exact) mass is 243 g/mol. The minimum Gasteiger partial charge on any atom is -0.361 e. The smallest absolute Gasteiger partial charge is 0.254 e. The van der Waals surface area contributed by atoms with Gasteiger partial charge in [-0.2, -0.15) is 0 Å². The highest BCUT2D eigenvalue weighted by Crippen LogP contribution is 2.21. The Morgan fingerprint density at radius 3 is 3.17 bits per heavy atom. The second-order valence-corrected chi connectivity index (χ2v) is 4.81. The van der Waals surface area contributed by atoms with Crippen LogP contribution in [0.2, 0.25) is 0 Å². The number of rotatable bonds is 2. The molecule has 1 unspecified atom stereocenters. The van der Waals surface area contributed by atoms with Crippen LogP contribution >= 0.6 is 0 Å². The molecule has 3 N–H and O–H groups in total. The van der Waals surface area contributed by atoms with Crippen molar-refractivity contribution in [1.82, 2.24) is 9.88 Å². The fourth-order valence-electron chi connectivity index (χ4n) is 2.69. The summed E-state index contributed by atoms with van der Waals surface area (Å²) in [6.07, 6.45) is 3.96. The molecule has 3 rings (SSSR count). The topological polar surface area (TPSA) is 62.1 Å². The van der Waals surface area contributed by atoms with E-state index in [0.29, 0.717) is 6.54 Å². The van der Waals surface area contributed by atoms with Gasteiger partial charge in [-0.1, -0.05) is 6.07 Å². The first-order valence-corrected chi connectivity index (χ1v) is 6.38. The molecule has 0 saturated carbocycles. The highest BCUT2D eigenvalue weighted by atomic mass is 16.2. The number of nitrogens with zero attached hydrogens (tertiary/aromatic N) is 1. The zero-order chi connectivity index (χ0) is 12.5. The Labute approximate surface area is 106 Å². The van der Waals surface area contributed by atoms with Gasteiger partial charge in [-0.3, -0.25) is 4.79 Å². The lowest BCUT2D eigenvalue weighted by molar-refractivity contribution is 0.0741. The summed E-state index contributed by atoms with van der Waals surface area (Å²) in [5.41, 5.74) is 7.46. The van der Waals surface area contributed by atoms with Crippen LogP contribution in [0, 0.1) is 0 Å². The number of carbonyl (C=O) groups excluding carboxylic acids is 1. The molecule has 1 aromatic heterocycles. The molecule has 2 heterocycles. The second kappa shape index (κ2) is 4.46. The van der Waals surface area contributed by atoms with E-state index in [4.69, 9.17) is 5.73 Å². The average Bonchev–Trinajstić information content (AvgIpc) is 3.05. The third kappa shape index (κ3) is 1.78. The summed E-state index contributed by atoms with van der Waals surface area (Å²) in [6, 6.07) is 8.00. The van der Waals surface area contributed by atoms with Crippen LogP contribution in [0.1, 0.15) is 23.2 Å². The molecule has 1 aromatic carbocycles. The van der Waals surface area contributed by atoms with Gasteiger partial charge in [0, 0.05) is 36.4 Å². The Hall–Kier alpha value is -1.81. The minimum atomic E-state index is 0.0967. The predicted octanol–water partition coefficient (Wildman–Crippen LogP) is 1.73. The van der Waals surface area contributed by atoms with E-state index < -0.39 is 0 Å². The Morgan fingerprint density at radius 1 is 1.44 bits per heavy atom. The van der Waals surface area contributed by atoms with E-state index in [1.54, 1.807) is 0 Å². The number of benzene rings is 1. The van der Waals surface area contributed by atoms with Gasteiger partial charge in [0.05, 0.1) is 0 Å². The van der Waals surface area contributed by atoms with E-state index in [1.165, 1.54) is 0 Å². The minimum absolute atomic E-state index is 0.0967. The summed E-state index contributed by atoms with van der Waals surface area (Å²) in [7, 11) is 0. The van der Waals surface area contributed by atoms with Gasteiger partial charge >= 0.3 is 0 Å². The van der Waals surface area contributed by atoms with E-state index in [-0.39, 0.29) is 11.9 Å². The van der Waals surface area contributed by atoms with Crippen LogP contribution in [0.25, 0.3) is 10.9 Å². The number of aromatic nitrogens is 1. The van der Waals surface area contributed by atoms with Crippen LogP contribution in [0.3, 0.4) is 0 Å². The lowest BCUT2D eigenvalue weighted by atomic mass is 10.1. The van der Waals surface area contributed by atoms with Crippen LogP contribution in [-0.2, 0) is 0 Å². The van der Waals surface area contributed by atoms with Crippen molar-refractivity contribution < 1.29 is 4.79 Å². The zero-order valence-electron chi connectivity index (χ0n) is 10.2. The van der Waals surface area contributed by atoms with Crippen molar-refractivity contribution in [2.45, 2.75) is 18.9 Å². The van der Waals surface area contributed by atoms with E-state index in [1.807, 2.05) is 35.4 Å². The third-order valence-electron chi connectivity index (χ3n) is 3.71. The van der Waals surface area contributed by atoms with Gasteiger partial charge in [-0.05, 0) is 36.4 Å². The van der Waals surface area contributed by atoms with Gasteiger partial charge < -0.3 is 15.6 Å². The molecule has 0 radical (unpaired) electrons. The summed E-state index contributed by atoms with van der Waals surface area (Å²) >= 11 is 0. The highest BCUT2D eigenvalue weighted by Gasteiger charge is 2.28. The normalized spacial score (nSPS) is 19.6. The zero-order valence-corrected chi connectivity index (χ0v) is 10.2. The van der Waals surface area contributed by atoms with Crippen molar-refractivity contribution >= 4 is 16.8 Å². The van der Waals surface area contributed by atoms with Gasteiger partial charge in [0.15, 0.2) is 0 Å². The fraction of sp³-hybridized carbons (Fsp3) is 0.357. The average molecular weight is 243 g/mol. The molecule has 1 saturated heterocycles. The summed E-state index contributed by atoms with van der Waals surface area (Å²) in [4.78, 5) is 17.5. The van der Waals surface area contributed by atoms with Gasteiger partial charge in [0.25, 0.3) is 5.91 Å². The Kier molecular flexibility index (Phi) is 2.80. The fourth-order valence-corrected chi connectivity index (χ4v) is 2.69. The Balaban J connectivity index is 1.91. The molecule has 4 nitrogen and oxygen atoms in total. The molecule has 1 fully saturated rings. The summed E-state index contributed by atoms with van der Waals surface area (Å²) in [5, 5.41) is 1.13. The second-order valence-electron chi connectivity index (χ2n) is 4.81. The number of H-pyrrole nitrogens is 1. The summed E-state index contributed by atoms with van der Waals surface area (Å²) in [6.45, 7) is 1.37. The number of hydrogen-bond donors (Lipinski definition) is 2. The van der Waals surface area contributed by atoms with Crippen molar-refractivity contribution in [2.75, 3.05) is 13.1 Å². The molecule has 1 atom stereocenters. The SMILES string of the molecule is NCC1CCCN1C(=O)c1ccc2cc[nH]c2c1. The molecule has 1 aliphatic rings. The first kappa shape index (κ1) is 11.3. The molecule has 0 aliphatic carbocycles. The number of nitrogens with one attached hydrogen (secondary N) is 1. The molecular weight excluding hydrogens is 226 g/mol. The molecule has 0 bridgehead atoms. The van der Waals surface area contributed by atoms with Crippen molar-refractivity contribution in [3.63, 3.8) is 0 Å². The summed E-state index contributed by atoms with van der Waals surface area (Å²) < 4.78 is 0. The maximum atomic E-state index is 12.4. The van der Waals surface area contributed by atoms with E-state index >= 15 is 0 Å². The van der Waals surface area contributed by atoms with Gasteiger partial charge in [0.2, 0.25) is 0 Å². The molecule has 4 heteroatoms. The van der Waals surface area contributed by atoms with Crippen LogP contribution in [0.15, 0.2) is 30.5 Å². The standard InChI is InChI=1S/C14H17N3O/c15-9-12-2-1-7-17(12)14(18)11-4-3-10-5-6-16-13(10)8-11/h3-6,8,12,16H,1-2,7,9,15H2. The molecule has 1 aliphatic heterocycles. The van der Waals surface area contributed by atoms with Crippen molar-refractivity contribution in [1.29, 1.82) is 0 Å². The number of likely N-dealkylation sites (tertiary alicyclic amines) is 1. The van der Waals surface area contributed by atoms with Crippen molar-refractivity contribution in [2.24, 2.45) is 5.73 Å². The maximum absolute atomic E-state index is 12.4.